The Labute approximate surface area is 158 Å². The molecule has 8 nitrogen and oxygen atoms in total. The Hall–Kier alpha value is -2.90. The zero-order valence-electron chi connectivity index (χ0n) is 15.5. The van der Waals surface area contributed by atoms with Gasteiger partial charge in [0.1, 0.15) is 5.82 Å². The van der Waals surface area contributed by atoms with Gasteiger partial charge in [-0.1, -0.05) is 0 Å². The van der Waals surface area contributed by atoms with Gasteiger partial charge in [0.2, 0.25) is 5.91 Å². The number of rotatable bonds is 7. The van der Waals surface area contributed by atoms with E-state index in [-0.39, 0.29) is 23.8 Å². The van der Waals surface area contributed by atoms with E-state index in [4.69, 9.17) is 0 Å². The van der Waals surface area contributed by atoms with E-state index < -0.39 is 0 Å². The summed E-state index contributed by atoms with van der Waals surface area (Å²) in [5.74, 6) is 0.565. The van der Waals surface area contributed by atoms with Gasteiger partial charge in [0.15, 0.2) is 0 Å². The Bertz CT molecular complexity index is 753. The molecule has 1 fully saturated rings. The number of aromatic amines is 1. The van der Waals surface area contributed by atoms with Gasteiger partial charge in [-0.05, 0) is 37.8 Å². The van der Waals surface area contributed by atoms with Crippen molar-refractivity contribution in [3.05, 3.63) is 42.1 Å². The largest absolute Gasteiger partial charge is 0.372 e. The Morgan fingerprint density at radius 2 is 2.07 bits per heavy atom. The number of nitrogens with zero attached hydrogens (tertiary/aromatic N) is 2. The van der Waals surface area contributed by atoms with Crippen LogP contribution in [-0.2, 0) is 11.2 Å². The van der Waals surface area contributed by atoms with Crippen molar-refractivity contribution in [2.75, 3.05) is 18.9 Å². The third-order valence-corrected chi connectivity index (χ3v) is 4.97. The Morgan fingerprint density at radius 1 is 1.26 bits per heavy atom. The number of hydrogen-bond donors (Lipinski definition) is 4. The molecule has 0 aromatic carbocycles. The van der Waals surface area contributed by atoms with Crippen LogP contribution in [0.3, 0.4) is 0 Å². The van der Waals surface area contributed by atoms with E-state index in [9.17, 15) is 9.59 Å². The molecule has 0 unspecified atom stereocenters. The lowest BCUT2D eigenvalue weighted by molar-refractivity contribution is -0.126. The van der Waals surface area contributed by atoms with Crippen LogP contribution in [0.4, 0.5) is 5.82 Å². The number of pyridine rings is 1. The molecule has 0 bridgehead atoms. The molecule has 144 valence electrons. The average molecular weight is 370 g/mol. The summed E-state index contributed by atoms with van der Waals surface area (Å²) in [5, 5.41) is 9.00. The molecular weight excluding hydrogens is 344 g/mol. The second-order valence-corrected chi connectivity index (χ2v) is 6.79. The molecule has 4 N–H and O–H groups in total. The van der Waals surface area contributed by atoms with Crippen LogP contribution in [0.1, 0.15) is 41.7 Å². The normalized spacial score (nSPS) is 19.3. The minimum absolute atomic E-state index is 0.0196. The summed E-state index contributed by atoms with van der Waals surface area (Å²) in [4.78, 5) is 36.0. The van der Waals surface area contributed by atoms with Gasteiger partial charge in [0.25, 0.3) is 5.91 Å². The molecular formula is C19H26N6O2. The van der Waals surface area contributed by atoms with Gasteiger partial charge in [0, 0.05) is 50.1 Å². The number of carbonyl (C=O) groups is 2. The average Bonchev–Trinajstić information content (AvgIpc) is 3.22. The number of nitrogens with one attached hydrogen (secondary N) is 4. The predicted molar refractivity (Wildman–Crippen MR) is 102 cm³/mol. The summed E-state index contributed by atoms with van der Waals surface area (Å²) in [5.41, 5.74) is 1.55. The van der Waals surface area contributed by atoms with Crippen molar-refractivity contribution in [3.8, 4) is 0 Å². The van der Waals surface area contributed by atoms with Crippen LogP contribution in [0.2, 0.25) is 0 Å². The van der Waals surface area contributed by atoms with Gasteiger partial charge in [-0.2, -0.15) is 0 Å². The molecule has 27 heavy (non-hydrogen) atoms. The zero-order chi connectivity index (χ0) is 19.1. The van der Waals surface area contributed by atoms with Crippen LogP contribution in [0.25, 0.3) is 0 Å². The van der Waals surface area contributed by atoms with Crippen molar-refractivity contribution in [1.29, 1.82) is 0 Å². The Balaban J connectivity index is 1.41. The lowest BCUT2D eigenvalue weighted by Crippen LogP contribution is -2.41. The molecule has 0 radical (unpaired) electrons. The summed E-state index contributed by atoms with van der Waals surface area (Å²) in [6.07, 6.45) is 8.98. The van der Waals surface area contributed by atoms with Gasteiger partial charge in [0.05, 0.1) is 11.9 Å². The SMILES string of the molecule is CNc1ncccc1C(=O)NC1CCC(C(=O)NCCc2cnc[nH]2)CC1. The molecule has 0 atom stereocenters. The van der Waals surface area contributed by atoms with Gasteiger partial charge < -0.3 is 20.9 Å². The van der Waals surface area contributed by atoms with E-state index in [1.807, 2.05) is 0 Å². The summed E-state index contributed by atoms with van der Waals surface area (Å²) in [7, 11) is 1.75. The monoisotopic (exact) mass is 370 g/mol. The second kappa shape index (κ2) is 9.16. The highest BCUT2D eigenvalue weighted by molar-refractivity contribution is 5.98. The Morgan fingerprint density at radius 3 is 2.78 bits per heavy atom. The van der Waals surface area contributed by atoms with Crippen LogP contribution in [0, 0.1) is 5.92 Å². The molecule has 2 aromatic rings. The minimum Gasteiger partial charge on any atom is -0.372 e. The van der Waals surface area contributed by atoms with Crippen molar-refractivity contribution in [2.45, 2.75) is 38.1 Å². The number of imidazole rings is 1. The molecule has 0 spiro atoms. The maximum Gasteiger partial charge on any atom is 0.255 e. The Kier molecular flexibility index (Phi) is 6.40. The molecule has 1 aliphatic carbocycles. The lowest BCUT2D eigenvalue weighted by Gasteiger charge is -2.28. The zero-order valence-corrected chi connectivity index (χ0v) is 15.5. The van der Waals surface area contributed by atoms with E-state index in [0.717, 1.165) is 37.8 Å². The fourth-order valence-corrected chi connectivity index (χ4v) is 3.44. The van der Waals surface area contributed by atoms with Gasteiger partial charge in [-0.15, -0.1) is 0 Å². The summed E-state index contributed by atoms with van der Waals surface area (Å²) in [6, 6.07) is 3.60. The first-order chi connectivity index (χ1) is 13.2. The number of H-pyrrole nitrogens is 1. The van der Waals surface area contributed by atoms with E-state index in [0.29, 0.717) is 17.9 Å². The van der Waals surface area contributed by atoms with E-state index in [1.165, 1.54) is 0 Å². The number of hydrogen-bond acceptors (Lipinski definition) is 5. The predicted octanol–water partition coefficient (Wildman–Crippen LogP) is 1.49. The molecule has 0 aliphatic heterocycles. The first kappa shape index (κ1) is 18.9. The topological polar surface area (TPSA) is 112 Å². The van der Waals surface area contributed by atoms with Crippen LogP contribution in [0.5, 0.6) is 0 Å². The molecule has 1 aliphatic rings. The fourth-order valence-electron chi connectivity index (χ4n) is 3.44. The molecule has 8 heteroatoms. The van der Waals surface area contributed by atoms with Crippen molar-refractivity contribution in [1.82, 2.24) is 25.6 Å². The second-order valence-electron chi connectivity index (χ2n) is 6.79. The summed E-state index contributed by atoms with van der Waals surface area (Å²) < 4.78 is 0. The number of amides is 2. The quantitative estimate of drug-likeness (QED) is 0.590. The fraction of sp³-hybridized carbons (Fsp3) is 0.474. The van der Waals surface area contributed by atoms with Crippen LogP contribution < -0.4 is 16.0 Å². The standard InChI is InChI=1S/C19H26N6O2/c1-20-17-16(3-2-9-22-17)19(27)25-14-6-4-13(5-7-14)18(26)23-10-8-15-11-21-12-24-15/h2-3,9,11-14H,4-8,10H2,1H3,(H,20,22)(H,21,24)(H,23,26)(H,25,27). The first-order valence-electron chi connectivity index (χ1n) is 9.36. The summed E-state index contributed by atoms with van der Waals surface area (Å²) >= 11 is 0. The maximum absolute atomic E-state index is 12.5. The number of aromatic nitrogens is 3. The van der Waals surface area contributed by atoms with Crippen molar-refractivity contribution >= 4 is 17.6 Å². The van der Waals surface area contributed by atoms with Crippen LogP contribution in [0.15, 0.2) is 30.9 Å². The van der Waals surface area contributed by atoms with Crippen molar-refractivity contribution in [3.63, 3.8) is 0 Å². The van der Waals surface area contributed by atoms with Crippen LogP contribution >= 0.6 is 0 Å². The number of carbonyl (C=O) groups excluding carboxylic acids is 2. The van der Waals surface area contributed by atoms with Crippen molar-refractivity contribution < 1.29 is 9.59 Å². The highest BCUT2D eigenvalue weighted by atomic mass is 16.2. The highest BCUT2D eigenvalue weighted by Crippen LogP contribution is 2.25. The minimum atomic E-state index is -0.125. The lowest BCUT2D eigenvalue weighted by atomic mass is 9.85. The molecule has 0 saturated heterocycles. The number of anilines is 1. The highest BCUT2D eigenvalue weighted by Gasteiger charge is 2.27. The van der Waals surface area contributed by atoms with Crippen LogP contribution in [-0.4, -0.2) is 46.4 Å². The van der Waals surface area contributed by atoms with Gasteiger partial charge in [-0.3, -0.25) is 9.59 Å². The first-order valence-corrected chi connectivity index (χ1v) is 9.36. The van der Waals surface area contributed by atoms with E-state index in [2.05, 4.69) is 30.9 Å². The molecule has 3 rings (SSSR count). The van der Waals surface area contributed by atoms with Gasteiger partial charge in [-0.25, -0.2) is 9.97 Å². The van der Waals surface area contributed by atoms with E-state index >= 15 is 0 Å². The molecule has 1 saturated carbocycles. The molecule has 2 heterocycles. The molecule has 2 amide bonds. The van der Waals surface area contributed by atoms with Gasteiger partial charge >= 0.3 is 0 Å². The molecule has 2 aromatic heterocycles. The third kappa shape index (κ3) is 5.06. The third-order valence-electron chi connectivity index (χ3n) is 4.97. The smallest absolute Gasteiger partial charge is 0.255 e. The van der Waals surface area contributed by atoms with Crippen molar-refractivity contribution in [2.24, 2.45) is 5.92 Å². The van der Waals surface area contributed by atoms with E-state index in [1.54, 1.807) is 37.9 Å². The summed E-state index contributed by atoms with van der Waals surface area (Å²) in [6.45, 7) is 0.603. The maximum atomic E-state index is 12.5.